The smallest absolute Gasteiger partial charge is 0.330 e. The molecule has 1 unspecified atom stereocenters. The summed E-state index contributed by atoms with van der Waals surface area (Å²) < 4.78 is 34.5. The number of nitrogens with zero attached hydrogens (tertiary/aromatic N) is 2. The minimum atomic E-state index is -4.25. The van der Waals surface area contributed by atoms with Crippen LogP contribution in [0.2, 0.25) is 0 Å². The fourth-order valence-electron chi connectivity index (χ4n) is 3.88. The first-order chi connectivity index (χ1) is 18.3. The van der Waals surface area contributed by atoms with E-state index in [9.17, 15) is 18.0 Å². The van der Waals surface area contributed by atoms with Crippen molar-refractivity contribution in [2.24, 2.45) is 0 Å². The molecule has 38 heavy (non-hydrogen) atoms. The number of aromatic amines is 1. The predicted octanol–water partition coefficient (Wildman–Crippen LogP) is 2.48. The quantitative estimate of drug-likeness (QED) is 0.245. The minimum Gasteiger partial charge on any atom is -0.497 e. The molecule has 1 atom stereocenters. The Labute approximate surface area is 220 Å². The Hall–Kier alpha value is -4.42. The topological polar surface area (TPSA) is 146 Å². The number of methoxy groups -OCH3 is 1. The van der Waals surface area contributed by atoms with Crippen LogP contribution in [0.3, 0.4) is 0 Å². The number of ether oxygens (including phenoxy) is 1. The van der Waals surface area contributed by atoms with Gasteiger partial charge < -0.3 is 15.0 Å². The first-order valence-corrected chi connectivity index (χ1v) is 13.2. The van der Waals surface area contributed by atoms with Gasteiger partial charge in [-0.05, 0) is 35.9 Å². The normalized spacial score (nSPS) is 12.1. The summed E-state index contributed by atoms with van der Waals surface area (Å²) >= 11 is 0. The van der Waals surface area contributed by atoms with Crippen LogP contribution in [-0.4, -0.2) is 50.8 Å². The lowest BCUT2D eigenvalue weighted by molar-refractivity contribution is -0.120. The van der Waals surface area contributed by atoms with Crippen molar-refractivity contribution in [2.75, 3.05) is 19.1 Å². The molecular formula is C26H28N6O5S. The number of hydrogen-bond donors (Lipinski definition) is 4. The molecule has 198 valence electrons. The molecule has 0 saturated heterocycles. The summed E-state index contributed by atoms with van der Waals surface area (Å²) in [5.41, 5.74) is 2.61. The number of carbonyl (C=O) groups excluding carboxylic acids is 2. The van der Waals surface area contributed by atoms with Gasteiger partial charge in [0.2, 0.25) is 5.91 Å². The summed E-state index contributed by atoms with van der Waals surface area (Å²) in [6, 6.07) is 21.1. The van der Waals surface area contributed by atoms with Crippen LogP contribution in [-0.2, 0) is 28.0 Å². The molecule has 0 radical (unpaired) electrons. The SMILES string of the molecule is COc1ccc(N(C)C(=O)C(Cc2ccccc2)NC(=O)NS(=O)(=O)NCc2[nH]nc3ccccc23)cc1. The van der Waals surface area contributed by atoms with Gasteiger partial charge in [-0.2, -0.15) is 18.2 Å². The van der Waals surface area contributed by atoms with Crippen molar-refractivity contribution in [3.8, 4) is 5.75 Å². The number of aromatic nitrogens is 2. The van der Waals surface area contributed by atoms with Gasteiger partial charge in [-0.1, -0.05) is 48.5 Å². The highest BCUT2D eigenvalue weighted by Crippen LogP contribution is 2.19. The van der Waals surface area contributed by atoms with Crippen molar-refractivity contribution in [3.63, 3.8) is 0 Å². The number of anilines is 1. The van der Waals surface area contributed by atoms with Gasteiger partial charge in [-0.3, -0.25) is 9.89 Å². The van der Waals surface area contributed by atoms with E-state index < -0.39 is 28.2 Å². The Balaban J connectivity index is 1.44. The van der Waals surface area contributed by atoms with Crippen molar-refractivity contribution in [3.05, 3.63) is 90.1 Å². The van der Waals surface area contributed by atoms with E-state index >= 15 is 0 Å². The second kappa shape index (κ2) is 11.8. The van der Waals surface area contributed by atoms with Gasteiger partial charge >= 0.3 is 16.2 Å². The summed E-state index contributed by atoms with van der Waals surface area (Å²) in [5, 5.41) is 10.2. The molecule has 0 fully saturated rings. The minimum absolute atomic E-state index is 0.115. The van der Waals surface area contributed by atoms with Crippen LogP contribution in [0, 0.1) is 0 Å². The third kappa shape index (κ3) is 6.66. The Morgan fingerprint density at radius 2 is 1.68 bits per heavy atom. The fourth-order valence-corrected chi connectivity index (χ4v) is 4.59. The lowest BCUT2D eigenvalue weighted by Gasteiger charge is -2.25. The standard InChI is InChI=1S/C26H28N6O5S/c1-32(19-12-14-20(37-2)15-13-19)25(33)23(16-18-8-4-3-5-9-18)28-26(34)31-38(35,36)27-17-24-21-10-6-7-11-22(21)29-30-24/h3-15,23,27H,16-17H2,1-2H3,(H,29,30)(H2,28,31,34). The number of likely N-dealkylation sites (N-methyl/N-ethyl adjacent to an activating group) is 1. The van der Waals surface area contributed by atoms with Gasteiger partial charge in [-0.15, -0.1) is 0 Å². The molecule has 1 heterocycles. The van der Waals surface area contributed by atoms with Crippen LogP contribution in [0.5, 0.6) is 5.75 Å². The van der Waals surface area contributed by atoms with Crippen molar-refractivity contribution < 1.29 is 22.7 Å². The predicted molar refractivity (Wildman–Crippen MR) is 144 cm³/mol. The third-order valence-electron chi connectivity index (χ3n) is 5.88. The second-order valence-electron chi connectivity index (χ2n) is 8.46. The first kappa shape index (κ1) is 26.6. The van der Waals surface area contributed by atoms with Crippen molar-refractivity contribution in [1.29, 1.82) is 0 Å². The van der Waals surface area contributed by atoms with E-state index in [0.717, 1.165) is 10.9 Å². The molecule has 0 aliphatic carbocycles. The van der Waals surface area contributed by atoms with E-state index in [1.165, 1.54) is 4.90 Å². The molecule has 1 aromatic heterocycles. The summed E-state index contributed by atoms with van der Waals surface area (Å²) in [6.45, 7) is -0.115. The molecule has 4 N–H and O–H groups in total. The highest BCUT2D eigenvalue weighted by Gasteiger charge is 2.27. The van der Waals surface area contributed by atoms with Crippen LogP contribution < -0.4 is 24.4 Å². The second-order valence-corrected chi connectivity index (χ2v) is 9.96. The number of hydrogen-bond acceptors (Lipinski definition) is 6. The highest BCUT2D eigenvalue weighted by atomic mass is 32.2. The monoisotopic (exact) mass is 536 g/mol. The molecule has 0 saturated carbocycles. The molecule has 4 rings (SSSR count). The lowest BCUT2D eigenvalue weighted by atomic mass is 10.0. The average molecular weight is 537 g/mol. The molecule has 0 aliphatic rings. The van der Waals surface area contributed by atoms with Gasteiger partial charge in [0.25, 0.3) is 0 Å². The van der Waals surface area contributed by atoms with Gasteiger partial charge in [0.05, 0.1) is 24.9 Å². The lowest BCUT2D eigenvalue weighted by Crippen LogP contribution is -2.54. The van der Waals surface area contributed by atoms with E-state index in [2.05, 4.69) is 20.2 Å². The number of para-hydroxylation sites is 1. The maximum Gasteiger partial charge on any atom is 0.330 e. The van der Waals surface area contributed by atoms with Gasteiger partial charge in [0, 0.05) is 24.5 Å². The number of benzene rings is 3. The maximum absolute atomic E-state index is 13.4. The van der Waals surface area contributed by atoms with Gasteiger partial charge in [0.1, 0.15) is 11.8 Å². The van der Waals surface area contributed by atoms with Crippen molar-refractivity contribution >= 4 is 38.7 Å². The van der Waals surface area contributed by atoms with Crippen molar-refractivity contribution in [1.82, 2.24) is 25.0 Å². The van der Waals surface area contributed by atoms with Crippen LogP contribution in [0.15, 0.2) is 78.9 Å². The zero-order valence-electron chi connectivity index (χ0n) is 20.8. The molecular weight excluding hydrogens is 508 g/mol. The molecule has 12 heteroatoms. The number of H-pyrrole nitrogens is 1. The Bertz CT molecular complexity index is 1510. The summed E-state index contributed by atoms with van der Waals surface area (Å²) in [7, 11) is -1.13. The number of carbonyl (C=O) groups is 2. The number of urea groups is 1. The average Bonchev–Trinajstić information content (AvgIpc) is 3.34. The van der Waals surface area contributed by atoms with E-state index in [0.29, 0.717) is 22.6 Å². The Morgan fingerprint density at radius 3 is 2.39 bits per heavy atom. The van der Waals surface area contributed by atoms with Gasteiger partial charge in [0.15, 0.2) is 0 Å². The summed E-state index contributed by atoms with van der Waals surface area (Å²) in [5.74, 6) is 0.206. The van der Waals surface area contributed by atoms with Crippen LogP contribution in [0.25, 0.3) is 10.9 Å². The molecule has 4 aromatic rings. The number of amides is 3. The fraction of sp³-hybridized carbons (Fsp3) is 0.192. The van der Waals surface area contributed by atoms with E-state index in [-0.39, 0.29) is 13.0 Å². The maximum atomic E-state index is 13.4. The Morgan fingerprint density at radius 1 is 1.00 bits per heavy atom. The van der Waals surface area contributed by atoms with Crippen LogP contribution in [0.4, 0.5) is 10.5 Å². The van der Waals surface area contributed by atoms with Crippen LogP contribution >= 0.6 is 0 Å². The Kier molecular flexibility index (Phi) is 8.24. The third-order valence-corrected chi connectivity index (χ3v) is 6.86. The zero-order valence-corrected chi connectivity index (χ0v) is 21.7. The largest absolute Gasteiger partial charge is 0.497 e. The number of nitrogens with one attached hydrogen (secondary N) is 4. The molecule has 0 bridgehead atoms. The van der Waals surface area contributed by atoms with E-state index in [1.807, 2.05) is 53.3 Å². The van der Waals surface area contributed by atoms with E-state index in [1.54, 1.807) is 44.5 Å². The molecule has 0 aliphatic heterocycles. The zero-order chi connectivity index (χ0) is 27.1. The van der Waals surface area contributed by atoms with Crippen molar-refractivity contribution in [2.45, 2.75) is 19.0 Å². The number of fused-ring (bicyclic) bond motifs is 1. The molecule has 3 aromatic carbocycles. The molecule has 0 spiro atoms. The van der Waals surface area contributed by atoms with E-state index in [4.69, 9.17) is 4.74 Å². The van der Waals surface area contributed by atoms with Crippen LogP contribution in [0.1, 0.15) is 11.3 Å². The summed E-state index contributed by atoms with van der Waals surface area (Å²) in [6.07, 6.45) is 0.154. The summed E-state index contributed by atoms with van der Waals surface area (Å²) in [4.78, 5) is 27.5. The highest BCUT2D eigenvalue weighted by molar-refractivity contribution is 7.88. The van der Waals surface area contributed by atoms with Gasteiger partial charge in [-0.25, -0.2) is 9.52 Å². The first-order valence-electron chi connectivity index (χ1n) is 11.7. The molecule has 11 nitrogen and oxygen atoms in total. The number of rotatable bonds is 10. The molecule has 3 amide bonds.